The number of carbonyl (C=O) groups is 2. The summed E-state index contributed by atoms with van der Waals surface area (Å²) < 4.78 is 17.5. The number of ether oxygens (including phenoxy) is 1. The molecule has 0 aliphatic carbocycles. The maximum absolute atomic E-state index is 12.9. The largest absolute Gasteiger partial charge is 0.465 e. The molecule has 2 aromatic rings. The second-order valence-electron chi connectivity index (χ2n) is 5.29. The van der Waals surface area contributed by atoms with Crippen LogP contribution in [0.5, 0.6) is 0 Å². The van der Waals surface area contributed by atoms with Crippen molar-refractivity contribution in [2.75, 3.05) is 12.4 Å². The summed E-state index contributed by atoms with van der Waals surface area (Å²) in [6.45, 7) is 1.79. The highest BCUT2D eigenvalue weighted by Gasteiger charge is 2.15. The molecule has 23 heavy (non-hydrogen) atoms. The fourth-order valence-corrected chi connectivity index (χ4v) is 2.17. The van der Waals surface area contributed by atoms with Crippen molar-refractivity contribution < 1.29 is 18.7 Å². The van der Waals surface area contributed by atoms with Gasteiger partial charge in [0.15, 0.2) is 0 Å². The Labute approximate surface area is 134 Å². The summed E-state index contributed by atoms with van der Waals surface area (Å²) in [6, 6.07) is 12.6. The van der Waals surface area contributed by atoms with Gasteiger partial charge in [0.25, 0.3) is 0 Å². The van der Waals surface area contributed by atoms with Crippen LogP contribution in [0.2, 0.25) is 0 Å². The molecule has 120 valence electrons. The average molecular weight is 315 g/mol. The van der Waals surface area contributed by atoms with E-state index in [0.717, 1.165) is 5.56 Å². The van der Waals surface area contributed by atoms with E-state index in [4.69, 9.17) is 0 Å². The van der Waals surface area contributed by atoms with Gasteiger partial charge in [0, 0.05) is 11.6 Å². The lowest BCUT2D eigenvalue weighted by Crippen LogP contribution is -2.22. The summed E-state index contributed by atoms with van der Waals surface area (Å²) in [7, 11) is 1.30. The number of hydrogen-bond acceptors (Lipinski definition) is 3. The van der Waals surface area contributed by atoms with E-state index in [2.05, 4.69) is 10.1 Å². The van der Waals surface area contributed by atoms with E-state index in [1.54, 1.807) is 43.3 Å². The van der Waals surface area contributed by atoms with Gasteiger partial charge in [-0.3, -0.25) is 4.79 Å². The minimum atomic E-state index is -0.458. The molecule has 1 unspecified atom stereocenters. The number of nitrogens with one attached hydrogen (secondary N) is 1. The first kappa shape index (κ1) is 16.7. The summed E-state index contributed by atoms with van der Waals surface area (Å²) >= 11 is 0. The number of halogens is 1. The molecule has 0 aliphatic rings. The van der Waals surface area contributed by atoms with Crippen molar-refractivity contribution in [2.45, 2.75) is 13.3 Å². The lowest BCUT2D eigenvalue weighted by atomic mass is 10.00. The fraction of sp³-hybridized carbons (Fsp3) is 0.222. The number of esters is 1. The molecule has 0 bridgehead atoms. The highest BCUT2D eigenvalue weighted by molar-refractivity contribution is 5.95. The topological polar surface area (TPSA) is 55.4 Å². The van der Waals surface area contributed by atoms with Crippen LogP contribution in [0.15, 0.2) is 48.5 Å². The zero-order chi connectivity index (χ0) is 16.8. The molecule has 1 atom stereocenters. The van der Waals surface area contributed by atoms with Crippen molar-refractivity contribution in [3.63, 3.8) is 0 Å². The third kappa shape index (κ3) is 4.64. The predicted molar refractivity (Wildman–Crippen MR) is 85.7 cm³/mol. The van der Waals surface area contributed by atoms with Crippen molar-refractivity contribution in [3.8, 4) is 0 Å². The number of benzene rings is 2. The van der Waals surface area contributed by atoms with E-state index >= 15 is 0 Å². The molecular weight excluding hydrogens is 297 g/mol. The highest BCUT2D eigenvalue weighted by Crippen LogP contribution is 2.15. The van der Waals surface area contributed by atoms with Gasteiger partial charge in [0.1, 0.15) is 5.82 Å². The molecule has 0 radical (unpaired) electrons. The third-order valence-corrected chi connectivity index (χ3v) is 3.45. The zero-order valence-electron chi connectivity index (χ0n) is 13.0. The molecule has 4 nitrogen and oxygen atoms in total. The van der Waals surface area contributed by atoms with Crippen LogP contribution in [0.4, 0.5) is 10.1 Å². The van der Waals surface area contributed by atoms with Crippen LogP contribution in [0, 0.1) is 11.7 Å². The Bertz CT molecular complexity index is 698. The minimum absolute atomic E-state index is 0.170. The maximum atomic E-state index is 12.9. The van der Waals surface area contributed by atoms with Gasteiger partial charge in [-0.05, 0) is 42.3 Å². The van der Waals surface area contributed by atoms with Gasteiger partial charge in [-0.2, -0.15) is 0 Å². The third-order valence-electron chi connectivity index (χ3n) is 3.45. The number of amides is 1. The standard InChI is InChI=1S/C18H18FNO3/c1-12(10-13-6-8-15(19)9-7-13)17(21)20-16-5-3-4-14(11-16)18(22)23-2/h3-9,11-12H,10H2,1-2H3,(H,20,21). The molecule has 0 saturated heterocycles. The van der Waals surface area contributed by atoms with Crippen molar-refractivity contribution in [1.82, 2.24) is 0 Å². The molecule has 0 saturated carbocycles. The van der Waals surface area contributed by atoms with E-state index in [0.29, 0.717) is 17.7 Å². The van der Waals surface area contributed by atoms with Crippen LogP contribution >= 0.6 is 0 Å². The number of anilines is 1. The maximum Gasteiger partial charge on any atom is 0.337 e. The van der Waals surface area contributed by atoms with Crippen LogP contribution < -0.4 is 5.32 Å². The van der Waals surface area contributed by atoms with Crippen LogP contribution in [0.3, 0.4) is 0 Å². The Morgan fingerprint density at radius 3 is 2.52 bits per heavy atom. The highest BCUT2D eigenvalue weighted by atomic mass is 19.1. The van der Waals surface area contributed by atoms with Crippen LogP contribution in [-0.2, 0) is 16.0 Å². The minimum Gasteiger partial charge on any atom is -0.465 e. The zero-order valence-corrected chi connectivity index (χ0v) is 13.0. The van der Waals surface area contributed by atoms with Crippen LogP contribution in [-0.4, -0.2) is 19.0 Å². The lowest BCUT2D eigenvalue weighted by molar-refractivity contribution is -0.119. The molecular formula is C18H18FNO3. The van der Waals surface area contributed by atoms with Crippen molar-refractivity contribution in [2.24, 2.45) is 5.92 Å². The summed E-state index contributed by atoms with van der Waals surface area (Å²) in [6.07, 6.45) is 0.503. The predicted octanol–water partition coefficient (Wildman–Crippen LogP) is 3.43. The molecule has 0 aliphatic heterocycles. The van der Waals surface area contributed by atoms with Crippen LogP contribution in [0.25, 0.3) is 0 Å². The molecule has 0 heterocycles. The van der Waals surface area contributed by atoms with Crippen molar-refractivity contribution in [1.29, 1.82) is 0 Å². The van der Waals surface area contributed by atoms with Gasteiger partial charge in [-0.1, -0.05) is 25.1 Å². The summed E-state index contributed by atoms with van der Waals surface area (Å²) in [5.74, 6) is -1.22. The summed E-state index contributed by atoms with van der Waals surface area (Å²) in [5.41, 5.74) is 1.79. The van der Waals surface area contributed by atoms with Gasteiger partial charge >= 0.3 is 5.97 Å². The normalized spacial score (nSPS) is 11.6. The van der Waals surface area contributed by atoms with Crippen molar-refractivity contribution in [3.05, 3.63) is 65.5 Å². The molecule has 1 N–H and O–H groups in total. The Morgan fingerprint density at radius 1 is 1.17 bits per heavy atom. The number of methoxy groups -OCH3 is 1. The Balaban J connectivity index is 2.00. The first-order valence-electron chi connectivity index (χ1n) is 7.23. The smallest absolute Gasteiger partial charge is 0.337 e. The van der Waals surface area contributed by atoms with Gasteiger partial charge in [0.2, 0.25) is 5.91 Å². The quantitative estimate of drug-likeness (QED) is 0.860. The second kappa shape index (κ2) is 7.54. The first-order valence-corrected chi connectivity index (χ1v) is 7.23. The lowest BCUT2D eigenvalue weighted by Gasteiger charge is -2.13. The van der Waals surface area contributed by atoms with E-state index in [1.807, 2.05) is 0 Å². The Morgan fingerprint density at radius 2 is 1.87 bits per heavy atom. The first-order chi connectivity index (χ1) is 11.0. The van der Waals surface area contributed by atoms with E-state index < -0.39 is 5.97 Å². The SMILES string of the molecule is COC(=O)c1cccc(NC(=O)C(C)Cc2ccc(F)cc2)c1. The summed E-state index contributed by atoms with van der Waals surface area (Å²) in [4.78, 5) is 23.7. The van der Waals surface area contributed by atoms with Gasteiger partial charge < -0.3 is 10.1 Å². The molecule has 1 amide bonds. The van der Waals surface area contributed by atoms with Gasteiger partial charge in [0.05, 0.1) is 12.7 Å². The second-order valence-corrected chi connectivity index (χ2v) is 5.29. The van der Waals surface area contributed by atoms with E-state index in [9.17, 15) is 14.0 Å². The molecule has 2 aromatic carbocycles. The molecule has 0 fully saturated rings. The average Bonchev–Trinajstić information content (AvgIpc) is 2.56. The fourth-order valence-electron chi connectivity index (χ4n) is 2.17. The molecule has 5 heteroatoms. The van der Waals surface area contributed by atoms with E-state index in [-0.39, 0.29) is 17.6 Å². The number of carbonyl (C=O) groups excluding carboxylic acids is 2. The number of hydrogen-bond donors (Lipinski definition) is 1. The molecule has 0 aromatic heterocycles. The monoisotopic (exact) mass is 315 g/mol. The summed E-state index contributed by atoms with van der Waals surface area (Å²) in [5, 5.41) is 2.77. The van der Waals surface area contributed by atoms with E-state index in [1.165, 1.54) is 19.2 Å². The van der Waals surface area contributed by atoms with Crippen LogP contribution in [0.1, 0.15) is 22.8 Å². The Hall–Kier alpha value is -2.69. The Kier molecular flexibility index (Phi) is 5.46. The molecule has 2 rings (SSSR count). The van der Waals surface area contributed by atoms with Crippen molar-refractivity contribution >= 4 is 17.6 Å². The number of rotatable bonds is 5. The van der Waals surface area contributed by atoms with Gasteiger partial charge in [-0.15, -0.1) is 0 Å². The van der Waals surface area contributed by atoms with Gasteiger partial charge in [-0.25, -0.2) is 9.18 Å². The molecule has 0 spiro atoms.